The van der Waals surface area contributed by atoms with Crippen molar-refractivity contribution in [1.82, 2.24) is 9.55 Å². The molecule has 0 saturated carbocycles. The number of carbonyl (C=O) groups is 1. The van der Waals surface area contributed by atoms with Gasteiger partial charge < -0.3 is 5.32 Å². The highest BCUT2D eigenvalue weighted by molar-refractivity contribution is 5.92. The number of aryl methyl sites for hydroxylation is 1. The van der Waals surface area contributed by atoms with Crippen LogP contribution in [0.1, 0.15) is 56.2 Å². The van der Waals surface area contributed by atoms with Gasteiger partial charge in [0.1, 0.15) is 6.54 Å². The van der Waals surface area contributed by atoms with Crippen LogP contribution in [0.15, 0.2) is 47.5 Å². The van der Waals surface area contributed by atoms with Gasteiger partial charge in [-0.1, -0.05) is 58.0 Å². The van der Waals surface area contributed by atoms with Gasteiger partial charge in [-0.3, -0.25) is 14.2 Å². The number of hydrogen-bond acceptors (Lipinski definition) is 3. The van der Waals surface area contributed by atoms with Crippen LogP contribution >= 0.6 is 0 Å². The molecule has 5 heteroatoms. The molecule has 0 bridgehead atoms. The molecule has 3 aromatic rings. The van der Waals surface area contributed by atoms with E-state index < -0.39 is 0 Å². The first-order valence-electron chi connectivity index (χ1n) is 9.67. The van der Waals surface area contributed by atoms with Crippen LogP contribution in [-0.4, -0.2) is 15.5 Å². The van der Waals surface area contributed by atoms with E-state index in [0.29, 0.717) is 10.9 Å². The Labute approximate surface area is 165 Å². The zero-order chi connectivity index (χ0) is 20.4. The molecular weight excluding hydrogens is 350 g/mol. The Morgan fingerprint density at radius 2 is 1.64 bits per heavy atom. The van der Waals surface area contributed by atoms with Crippen LogP contribution in [0.2, 0.25) is 0 Å². The Morgan fingerprint density at radius 3 is 2.25 bits per heavy atom. The molecule has 0 fully saturated rings. The summed E-state index contributed by atoms with van der Waals surface area (Å²) in [6.07, 6.45) is 1.45. The molecule has 0 saturated heterocycles. The maximum atomic E-state index is 12.8. The molecule has 1 heterocycles. The van der Waals surface area contributed by atoms with Gasteiger partial charge in [-0.15, -0.1) is 0 Å². The average Bonchev–Trinajstić information content (AvgIpc) is 2.64. The Morgan fingerprint density at radius 1 is 1.04 bits per heavy atom. The Kier molecular flexibility index (Phi) is 5.63. The van der Waals surface area contributed by atoms with Crippen molar-refractivity contribution in [3.8, 4) is 0 Å². The minimum absolute atomic E-state index is 0.0698. The molecule has 1 N–H and O–H groups in total. The van der Waals surface area contributed by atoms with Gasteiger partial charge in [0.05, 0.1) is 17.2 Å². The van der Waals surface area contributed by atoms with E-state index in [2.05, 4.69) is 38.0 Å². The molecule has 0 spiro atoms. The normalized spacial score (nSPS) is 11.4. The predicted molar refractivity (Wildman–Crippen MR) is 114 cm³/mol. The monoisotopic (exact) mass is 377 g/mol. The maximum Gasteiger partial charge on any atom is 0.261 e. The van der Waals surface area contributed by atoms with Gasteiger partial charge in [0.15, 0.2) is 0 Å². The van der Waals surface area contributed by atoms with Gasteiger partial charge in [-0.2, -0.15) is 0 Å². The van der Waals surface area contributed by atoms with Crippen LogP contribution in [0, 0.1) is 6.92 Å². The zero-order valence-electron chi connectivity index (χ0n) is 17.1. The molecule has 1 aromatic heterocycles. The molecule has 28 heavy (non-hydrogen) atoms. The van der Waals surface area contributed by atoms with Crippen molar-refractivity contribution >= 4 is 22.5 Å². The standard InChI is InChI=1S/C23H27N3O2/c1-14(2)17-9-7-10-18(15(3)4)22(17)25-20(27)12-26-13-24-21-16(5)8-6-11-19(21)23(26)28/h6-11,13-15H,12H2,1-5H3,(H,25,27). The fraction of sp³-hybridized carbons (Fsp3) is 0.348. The third-order valence-electron chi connectivity index (χ3n) is 5.01. The van der Waals surface area contributed by atoms with Crippen molar-refractivity contribution in [2.75, 3.05) is 5.32 Å². The van der Waals surface area contributed by atoms with E-state index >= 15 is 0 Å². The first kappa shape index (κ1) is 19.8. The van der Waals surface area contributed by atoms with Crippen molar-refractivity contribution in [2.45, 2.75) is 53.0 Å². The number of anilines is 1. The van der Waals surface area contributed by atoms with Gasteiger partial charge in [0, 0.05) is 5.69 Å². The van der Waals surface area contributed by atoms with Gasteiger partial charge in [-0.05, 0) is 41.5 Å². The smallest absolute Gasteiger partial charge is 0.261 e. The van der Waals surface area contributed by atoms with E-state index in [0.717, 1.165) is 22.4 Å². The van der Waals surface area contributed by atoms with Gasteiger partial charge in [0.2, 0.25) is 5.91 Å². The van der Waals surface area contributed by atoms with Crippen LogP contribution in [0.25, 0.3) is 10.9 Å². The van der Waals surface area contributed by atoms with Crippen LogP contribution in [0.4, 0.5) is 5.69 Å². The van der Waals surface area contributed by atoms with Gasteiger partial charge in [0.25, 0.3) is 5.56 Å². The van der Waals surface area contributed by atoms with E-state index in [-0.39, 0.29) is 29.8 Å². The quantitative estimate of drug-likeness (QED) is 0.707. The van der Waals surface area contributed by atoms with Crippen LogP contribution in [0.3, 0.4) is 0 Å². The first-order chi connectivity index (χ1) is 13.3. The molecule has 3 rings (SSSR count). The van der Waals surface area contributed by atoms with Crippen molar-refractivity contribution in [2.24, 2.45) is 0 Å². The number of rotatable bonds is 5. The van der Waals surface area contributed by atoms with Crippen molar-refractivity contribution < 1.29 is 4.79 Å². The highest BCUT2D eigenvalue weighted by Gasteiger charge is 2.17. The number of benzene rings is 2. The van der Waals surface area contributed by atoms with Crippen LogP contribution in [-0.2, 0) is 11.3 Å². The molecular formula is C23H27N3O2. The van der Waals surface area contributed by atoms with Crippen molar-refractivity contribution in [1.29, 1.82) is 0 Å². The van der Waals surface area contributed by atoms with E-state index in [1.54, 1.807) is 6.07 Å². The lowest BCUT2D eigenvalue weighted by atomic mass is 9.92. The molecule has 2 aromatic carbocycles. The second-order valence-electron chi connectivity index (χ2n) is 7.82. The molecule has 0 aliphatic heterocycles. The number of fused-ring (bicyclic) bond motifs is 1. The van der Waals surface area contributed by atoms with E-state index in [9.17, 15) is 9.59 Å². The van der Waals surface area contributed by atoms with Gasteiger partial charge in [-0.25, -0.2) is 4.98 Å². The topological polar surface area (TPSA) is 64.0 Å². The van der Waals surface area contributed by atoms with E-state index in [1.165, 1.54) is 10.9 Å². The second kappa shape index (κ2) is 7.97. The molecule has 1 amide bonds. The Hall–Kier alpha value is -2.95. The summed E-state index contributed by atoms with van der Waals surface area (Å²) in [5.41, 5.74) is 4.47. The highest BCUT2D eigenvalue weighted by atomic mass is 16.2. The summed E-state index contributed by atoms with van der Waals surface area (Å²) in [6.45, 7) is 10.3. The molecule has 0 radical (unpaired) electrons. The number of para-hydroxylation sites is 2. The lowest BCUT2D eigenvalue weighted by Gasteiger charge is -2.20. The first-order valence-corrected chi connectivity index (χ1v) is 9.67. The van der Waals surface area contributed by atoms with E-state index in [1.807, 2.05) is 37.3 Å². The number of nitrogens with zero attached hydrogens (tertiary/aromatic N) is 2. The summed E-state index contributed by atoms with van der Waals surface area (Å²) < 4.78 is 1.37. The summed E-state index contributed by atoms with van der Waals surface area (Å²) in [6, 6.07) is 11.6. The molecule has 0 aliphatic carbocycles. The second-order valence-corrected chi connectivity index (χ2v) is 7.82. The average molecular weight is 377 g/mol. The van der Waals surface area contributed by atoms with Crippen LogP contribution < -0.4 is 10.9 Å². The molecule has 0 aliphatic rings. The maximum absolute atomic E-state index is 12.8. The van der Waals surface area contributed by atoms with Crippen molar-refractivity contribution in [3.63, 3.8) is 0 Å². The largest absolute Gasteiger partial charge is 0.324 e. The lowest BCUT2D eigenvalue weighted by Crippen LogP contribution is -2.28. The van der Waals surface area contributed by atoms with Gasteiger partial charge >= 0.3 is 0 Å². The van der Waals surface area contributed by atoms with E-state index in [4.69, 9.17) is 0 Å². The minimum atomic E-state index is -0.231. The molecule has 146 valence electrons. The highest BCUT2D eigenvalue weighted by Crippen LogP contribution is 2.32. The number of carbonyl (C=O) groups excluding carboxylic acids is 1. The third-order valence-corrected chi connectivity index (χ3v) is 5.01. The number of nitrogens with one attached hydrogen (secondary N) is 1. The summed E-state index contributed by atoms with van der Waals surface area (Å²) in [5, 5.41) is 3.58. The summed E-state index contributed by atoms with van der Waals surface area (Å²) in [7, 11) is 0. The predicted octanol–water partition coefficient (Wildman–Crippen LogP) is 4.59. The summed E-state index contributed by atoms with van der Waals surface area (Å²) in [4.78, 5) is 29.9. The minimum Gasteiger partial charge on any atom is -0.324 e. The Bertz CT molecular complexity index is 1050. The summed E-state index contributed by atoms with van der Waals surface area (Å²) >= 11 is 0. The zero-order valence-corrected chi connectivity index (χ0v) is 17.1. The molecule has 5 nitrogen and oxygen atoms in total. The van der Waals surface area contributed by atoms with Crippen molar-refractivity contribution in [3.05, 3.63) is 69.8 Å². The lowest BCUT2D eigenvalue weighted by molar-refractivity contribution is -0.116. The van der Waals surface area contributed by atoms with Crippen LogP contribution in [0.5, 0.6) is 0 Å². The fourth-order valence-corrected chi connectivity index (χ4v) is 3.48. The number of hydrogen-bond donors (Lipinski definition) is 1. The number of aromatic nitrogens is 2. The Balaban J connectivity index is 1.93. The fourth-order valence-electron chi connectivity index (χ4n) is 3.48. The molecule has 0 atom stereocenters. The third kappa shape index (κ3) is 3.84. The summed E-state index contributed by atoms with van der Waals surface area (Å²) in [5.74, 6) is 0.329. The SMILES string of the molecule is Cc1cccc2c(=O)n(CC(=O)Nc3c(C(C)C)cccc3C(C)C)cnc12. The number of amides is 1. The molecule has 0 unspecified atom stereocenters.